The molecule has 1 N–H and O–H groups in total. The van der Waals surface area contributed by atoms with Gasteiger partial charge in [0.05, 0.1) is 13.1 Å². The van der Waals surface area contributed by atoms with Crippen LogP contribution >= 0.6 is 0 Å². The highest BCUT2D eigenvalue weighted by Crippen LogP contribution is 2.12. The van der Waals surface area contributed by atoms with Crippen LogP contribution in [0.15, 0.2) is 24.5 Å². The third kappa shape index (κ3) is 3.57. The number of rotatable bonds is 6. The van der Waals surface area contributed by atoms with E-state index < -0.39 is 11.6 Å². The molecule has 0 aliphatic rings. The molecule has 0 unspecified atom stereocenters. The van der Waals surface area contributed by atoms with E-state index in [4.69, 9.17) is 0 Å². The minimum absolute atomic E-state index is 0.171. The summed E-state index contributed by atoms with van der Waals surface area (Å²) in [4.78, 5) is 4.11. The van der Waals surface area contributed by atoms with Crippen molar-refractivity contribution in [2.75, 3.05) is 6.54 Å². The van der Waals surface area contributed by atoms with Crippen molar-refractivity contribution in [1.82, 2.24) is 20.1 Å². The summed E-state index contributed by atoms with van der Waals surface area (Å²) in [6.07, 6.45) is 2.56. The lowest BCUT2D eigenvalue weighted by atomic mass is 10.2. The van der Waals surface area contributed by atoms with E-state index in [9.17, 15) is 8.78 Å². The lowest BCUT2D eigenvalue weighted by molar-refractivity contribution is 0.491. The van der Waals surface area contributed by atoms with Gasteiger partial charge in [-0.25, -0.2) is 18.4 Å². The molecule has 0 bridgehead atoms. The molecule has 102 valence electrons. The van der Waals surface area contributed by atoms with E-state index in [1.54, 1.807) is 0 Å². The summed E-state index contributed by atoms with van der Waals surface area (Å²) < 4.78 is 28.1. The van der Waals surface area contributed by atoms with Crippen LogP contribution in [-0.4, -0.2) is 21.3 Å². The normalized spacial score (nSPS) is 10.9. The van der Waals surface area contributed by atoms with Gasteiger partial charge in [-0.3, -0.25) is 0 Å². The van der Waals surface area contributed by atoms with Gasteiger partial charge >= 0.3 is 0 Å². The lowest BCUT2D eigenvalue weighted by Crippen LogP contribution is -2.15. The minimum atomic E-state index is -0.845. The van der Waals surface area contributed by atoms with Gasteiger partial charge in [0.15, 0.2) is 17.5 Å². The summed E-state index contributed by atoms with van der Waals surface area (Å²) in [7, 11) is 0. The molecule has 0 amide bonds. The van der Waals surface area contributed by atoms with Crippen molar-refractivity contribution in [2.45, 2.75) is 26.4 Å². The van der Waals surface area contributed by atoms with Gasteiger partial charge < -0.3 is 5.32 Å². The molecule has 0 spiro atoms. The van der Waals surface area contributed by atoms with E-state index >= 15 is 0 Å². The van der Waals surface area contributed by atoms with Crippen molar-refractivity contribution in [2.24, 2.45) is 0 Å². The molecule has 0 atom stereocenters. The lowest BCUT2D eigenvalue weighted by Gasteiger charge is -2.03. The summed E-state index contributed by atoms with van der Waals surface area (Å²) in [6.45, 7) is 3.72. The highest BCUT2D eigenvalue weighted by molar-refractivity contribution is 5.18. The smallest absolute Gasteiger partial charge is 0.164 e. The van der Waals surface area contributed by atoms with Crippen LogP contribution in [0.25, 0.3) is 0 Å². The molecule has 2 rings (SSSR count). The quantitative estimate of drug-likeness (QED) is 0.814. The van der Waals surface area contributed by atoms with Crippen molar-refractivity contribution in [3.8, 4) is 0 Å². The van der Waals surface area contributed by atoms with E-state index in [1.165, 1.54) is 23.1 Å². The van der Waals surface area contributed by atoms with Crippen LogP contribution in [-0.2, 0) is 13.1 Å². The van der Waals surface area contributed by atoms with Gasteiger partial charge in [-0.1, -0.05) is 19.1 Å². The molecule has 1 heterocycles. The highest BCUT2D eigenvalue weighted by Gasteiger charge is 2.09. The first-order valence-corrected chi connectivity index (χ1v) is 6.22. The number of benzene rings is 1. The fraction of sp³-hybridized carbons (Fsp3) is 0.385. The molecule has 2 aromatic rings. The van der Waals surface area contributed by atoms with E-state index in [-0.39, 0.29) is 12.1 Å². The average Bonchev–Trinajstić information content (AvgIpc) is 2.83. The van der Waals surface area contributed by atoms with Gasteiger partial charge in [0.2, 0.25) is 0 Å². The monoisotopic (exact) mass is 266 g/mol. The van der Waals surface area contributed by atoms with Crippen molar-refractivity contribution < 1.29 is 8.78 Å². The summed E-state index contributed by atoms with van der Waals surface area (Å²) in [5, 5.41) is 7.38. The van der Waals surface area contributed by atoms with Gasteiger partial charge in [-0.05, 0) is 19.0 Å². The van der Waals surface area contributed by atoms with Gasteiger partial charge in [0, 0.05) is 5.56 Å². The fourth-order valence-corrected chi connectivity index (χ4v) is 1.71. The number of aromatic nitrogens is 3. The van der Waals surface area contributed by atoms with Crippen LogP contribution in [0.5, 0.6) is 0 Å². The summed E-state index contributed by atoms with van der Waals surface area (Å²) in [5.74, 6) is -1.03. The second-order valence-electron chi connectivity index (χ2n) is 4.25. The Morgan fingerprint density at radius 1 is 1.32 bits per heavy atom. The number of halogens is 2. The van der Waals surface area contributed by atoms with Crippen molar-refractivity contribution >= 4 is 0 Å². The number of hydrogen-bond donors (Lipinski definition) is 1. The molecule has 6 heteroatoms. The largest absolute Gasteiger partial charge is 0.310 e. The third-order valence-corrected chi connectivity index (χ3v) is 2.66. The van der Waals surface area contributed by atoms with Crippen LogP contribution in [0.2, 0.25) is 0 Å². The maximum atomic E-state index is 13.5. The molecule has 0 aliphatic carbocycles. The third-order valence-electron chi connectivity index (χ3n) is 2.66. The Morgan fingerprint density at radius 2 is 2.16 bits per heavy atom. The predicted molar refractivity (Wildman–Crippen MR) is 67.5 cm³/mol. The molecule has 0 radical (unpaired) electrons. The highest BCUT2D eigenvalue weighted by atomic mass is 19.2. The van der Waals surface area contributed by atoms with E-state index in [0.717, 1.165) is 19.0 Å². The SMILES string of the molecule is CCCNCc1ncn(Cc2cccc(F)c2F)n1. The first-order chi connectivity index (χ1) is 9.20. The molecular weight excluding hydrogens is 250 g/mol. The maximum Gasteiger partial charge on any atom is 0.164 e. The molecule has 0 saturated carbocycles. The van der Waals surface area contributed by atoms with Gasteiger partial charge in [0.25, 0.3) is 0 Å². The fourth-order valence-electron chi connectivity index (χ4n) is 1.71. The van der Waals surface area contributed by atoms with E-state index in [0.29, 0.717) is 12.4 Å². The van der Waals surface area contributed by atoms with E-state index in [1.807, 2.05) is 0 Å². The van der Waals surface area contributed by atoms with Crippen LogP contribution < -0.4 is 5.32 Å². The first kappa shape index (κ1) is 13.6. The number of nitrogens with zero attached hydrogens (tertiary/aromatic N) is 3. The van der Waals surface area contributed by atoms with Gasteiger partial charge in [0.1, 0.15) is 6.33 Å². The van der Waals surface area contributed by atoms with Crippen molar-refractivity contribution in [3.63, 3.8) is 0 Å². The Balaban J connectivity index is 2.01. The Morgan fingerprint density at radius 3 is 2.95 bits per heavy atom. The van der Waals surface area contributed by atoms with Crippen LogP contribution in [0, 0.1) is 11.6 Å². The van der Waals surface area contributed by atoms with E-state index in [2.05, 4.69) is 22.3 Å². The Hall–Kier alpha value is -1.82. The minimum Gasteiger partial charge on any atom is -0.310 e. The Labute approximate surface area is 110 Å². The topological polar surface area (TPSA) is 42.7 Å². The predicted octanol–water partition coefficient (Wildman–Crippen LogP) is 2.10. The molecule has 19 heavy (non-hydrogen) atoms. The molecule has 0 fully saturated rings. The molecule has 0 aliphatic heterocycles. The van der Waals surface area contributed by atoms with Gasteiger partial charge in [-0.15, -0.1) is 0 Å². The van der Waals surface area contributed by atoms with Crippen LogP contribution in [0.3, 0.4) is 0 Å². The number of hydrogen-bond acceptors (Lipinski definition) is 3. The Bertz CT molecular complexity index is 539. The number of nitrogens with one attached hydrogen (secondary N) is 1. The summed E-state index contributed by atoms with van der Waals surface area (Å²) >= 11 is 0. The molecular formula is C13H16F2N4. The Kier molecular flexibility index (Phi) is 4.57. The van der Waals surface area contributed by atoms with Crippen LogP contribution in [0.1, 0.15) is 24.7 Å². The second-order valence-corrected chi connectivity index (χ2v) is 4.25. The zero-order chi connectivity index (χ0) is 13.7. The first-order valence-electron chi connectivity index (χ1n) is 6.22. The second kappa shape index (κ2) is 6.38. The zero-order valence-electron chi connectivity index (χ0n) is 10.7. The molecule has 4 nitrogen and oxygen atoms in total. The van der Waals surface area contributed by atoms with Crippen molar-refractivity contribution in [1.29, 1.82) is 0 Å². The molecule has 0 saturated heterocycles. The average molecular weight is 266 g/mol. The maximum absolute atomic E-state index is 13.5. The standard InChI is InChI=1S/C13H16F2N4/c1-2-6-16-7-12-17-9-19(18-12)8-10-4-3-5-11(14)13(10)15/h3-5,9,16H,2,6-8H2,1H3. The summed E-state index contributed by atoms with van der Waals surface area (Å²) in [6, 6.07) is 4.11. The molecule has 1 aromatic carbocycles. The van der Waals surface area contributed by atoms with Gasteiger partial charge in [-0.2, -0.15) is 5.10 Å². The zero-order valence-corrected chi connectivity index (χ0v) is 10.7. The van der Waals surface area contributed by atoms with Crippen molar-refractivity contribution in [3.05, 3.63) is 47.5 Å². The van der Waals surface area contributed by atoms with Crippen LogP contribution in [0.4, 0.5) is 8.78 Å². The summed E-state index contributed by atoms with van der Waals surface area (Å²) in [5.41, 5.74) is 0.262. The molecule has 1 aromatic heterocycles.